The molecule has 0 spiro atoms. The van der Waals surface area contributed by atoms with E-state index in [9.17, 15) is 19.2 Å². The molecule has 0 saturated carbocycles. The zero-order valence-corrected chi connectivity index (χ0v) is 35.7. The lowest BCUT2D eigenvalue weighted by molar-refractivity contribution is -0.140. The first kappa shape index (κ1) is 42.4. The summed E-state index contributed by atoms with van der Waals surface area (Å²) in [5.74, 6) is -3.54. The van der Waals surface area contributed by atoms with Gasteiger partial charge in [0.25, 0.3) is 5.91 Å². The Kier molecular flexibility index (Phi) is 12.1. The van der Waals surface area contributed by atoms with E-state index in [1.165, 1.54) is 25.4 Å². The number of aromatic amines is 2. The number of fused-ring (bicyclic) bond motifs is 6. The highest BCUT2D eigenvalue weighted by Gasteiger charge is 2.44. The van der Waals surface area contributed by atoms with Crippen LogP contribution in [0.5, 0.6) is 0 Å². The number of amides is 2. The summed E-state index contributed by atoms with van der Waals surface area (Å²) in [6, 6.07) is 13.5. The first-order valence-corrected chi connectivity index (χ1v) is 20.6. The van der Waals surface area contributed by atoms with Crippen LogP contribution >= 0.6 is 0 Å². The minimum Gasteiger partial charge on any atom is -0.468 e. The van der Waals surface area contributed by atoms with E-state index >= 15 is 0 Å². The molecule has 4 aromatic rings. The summed E-state index contributed by atoms with van der Waals surface area (Å²) >= 11 is 0. The molecule has 7 rings (SSSR count). The quantitative estimate of drug-likeness (QED) is 0.0784. The molecule has 61 heavy (non-hydrogen) atoms. The van der Waals surface area contributed by atoms with E-state index in [-0.39, 0.29) is 35.8 Å². The van der Waals surface area contributed by atoms with Crippen LogP contribution in [-0.4, -0.2) is 65.4 Å². The maximum absolute atomic E-state index is 14.1. The van der Waals surface area contributed by atoms with Gasteiger partial charge in [0.15, 0.2) is 0 Å². The monoisotopic (exact) mass is 823 g/mol. The number of nitrogens with two attached hydrogens (primary N) is 1. The number of nitrogen functional groups attached to an aromatic ring is 1. The molecule has 3 aliphatic heterocycles. The van der Waals surface area contributed by atoms with E-state index in [0.717, 1.165) is 40.3 Å². The second-order valence-corrected chi connectivity index (χ2v) is 15.9. The van der Waals surface area contributed by atoms with Crippen LogP contribution < -0.4 is 16.4 Å². The van der Waals surface area contributed by atoms with Gasteiger partial charge in [-0.1, -0.05) is 38.6 Å². The van der Waals surface area contributed by atoms with Crippen molar-refractivity contribution in [2.24, 2.45) is 21.8 Å². The highest BCUT2D eigenvalue weighted by molar-refractivity contribution is 6.12. The fourth-order valence-electron chi connectivity index (χ4n) is 9.00. The van der Waals surface area contributed by atoms with Crippen molar-refractivity contribution in [3.8, 4) is 0 Å². The van der Waals surface area contributed by atoms with Gasteiger partial charge in [-0.2, -0.15) is 0 Å². The first-order valence-electron chi connectivity index (χ1n) is 20.6. The topological polar surface area (TPSA) is 193 Å². The minimum absolute atomic E-state index is 0.0859. The number of nitrogens with one attached hydrogen (secondary N) is 4. The van der Waals surface area contributed by atoms with Crippen LogP contribution in [0.4, 0.5) is 17.1 Å². The van der Waals surface area contributed by atoms with Crippen LogP contribution in [0, 0.1) is 25.7 Å². The van der Waals surface area contributed by atoms with Gasteiger partial charge in [0.2, 0.25) is 5.91 Å². The zero-order chi connectivity index (χ0) is 43.7. The van der Waals surface area contributed by atoms with Gasteiger partial charge in [-0.15, -0.1) is 0 Å². The number of benzene rings is 2. The number of carbonyl (C=O) groups excluding carboxylic acids is 4. The van der Waals surface area contributed by atoms with E-state index in [4.69, 9.17) is 25.2 Å². The molecular weight excluding hydrogens is 771 g/mol. The number of aromatic nitrogens is 2. The van der Waals surface area contributed by atoms with Gasteiger partial charge in [-0.25, -0.2) is 4.79 Å². The summed E-state index contributed by atoms with van der Waals surface area (Å²) in [5.41, 5.74) is 18.3. The second kappa shape index (κ2) is 17.5. The van der Waals surface area contributed by atoms with Crippen molar-refractivity contribution in [2.75, 3.05) is 30.6 Å². The molecule has 2 aromatic heterocycles. The zero-order valence-electron chi connectivity index (χ0n) is 35.7. The number of carbonyl (C=O) groups is 4. The number of esters is 2. The lowest BCUT2D eigenvalue weighted by Crippen LogP contribution is -2.31. The van der Waals surface area contributed by atoms with Crippen molar-refractivity contribution in [3.63, 3.8) is 0 Å². The van der Waals surface area contributed by atoms with Crippen molar-refractivity contribution in [1.29, 1.82) is 0 Å². The Morgan fingerprint density at radius 3 is 2.38 bits per heavy atom. The van der Waals surface area contributed by atoms with E-state index in [1.54, 1.807) is 48.5 Å². The lowest BCUT2D eigenvalue weighted by Gasteiger charge is -2.23. The number of anilines is 3. The molecule has 2 aromatic carbocycles. The smallest absolute Gasteiger partial charge is 0.340 e. The van der Waals surface area contributed by atoms with E-state index in [1.807, 2.05) is 32.9 Å². The van der Waals surface area contributed by atoms with Crippen LogP contribution in [0.3, 0.4) is 0 Å². The maximum atomic E-state index is 14.1. The van der Waals surface area contributed by atoms with Crippen molar-refractivity contribution >= 4 is 64.4 Å². The predicted molar refractivity (Wildman–Crippen MR) is 240 cm³/mol. The molecule has 4 atom stereocenters. The second-order valence-electron chi connectivity index (χ2n) is 15.9. The summed E-state index contributed by atoms with van der Waals surface area (Å²) in [4.78, 5) is 72.0. The number of hydrogen-bond acceptors (Lipinski definition) is 9. The average molecular weight is 824 g/mol. The molecule has 13 nitrogen and oxygen atoms in total. The van der Waals surface area contributed by atoms with Gasteiger partial charge in [-0.05, 0) is 104 Å². The standard InChI is InChI=1S/C48H53N7O6/c1-9-30-24(3)35-21-37-26(5)32(19-20-41(56)50-29-17-15-28(16-18-29)46(57)55-34-14-12-11-13-33(34)49)44(53-37)43(48(59)61-8)45-42(47(58)60-7)27(6)38(54-45)23-40-31(10-2)25(4)36(52-40)22-39(30)51-35/h9,11-18,21,26,32,36,43,51,54H,1,10,19-20,22-23,49H2,2-8H3,(H,50,56)(H,55,57)/t26-,32-,36?,43?/m0/s1. The third kappa shape index (κ3) is 8.12. The lowest BCUT2D eigenvalue weighted by atomic mass is 9.80. The van der Waals surface area contributed by atoms with Crippen LogP contribution in [0.15, 0.2) is 81.9 Å². The minimum atomic E-state index is -1.11. The Labute approximate surface area is 355 Å². The summed E-state index contributed by atoms with van der Waals surface area (Å²) in [6.45, 7) is 14.3. The van der Waals surface area contributed by atoms with Crippen LogP contribution in [0.2, 0.25) is 0 Å². The van der Waals surface area contributed by atoms with E-state index in [0.29, 0.717) is 64.6 Å². The van der Waals surface area contributed by atoms with Gasteiger partial charge in [0.1, 0.15) is 5.92 Å². The van der Waals surface area contributed by atoms with Crippen LogP contribution in [0.1, 0.15) is 106 Å². The maximum Gasteiger partial charge on any atom is 0.340 e. The summed E-state index contributed by atoms with van der Waals surface area (Å²) in [6.07, 6.45) is 6.14. The van der Waals surface area contributed by atoms with Crippen molar-refractivity contribution in [2.45, 2.75) is 78.7 Å². The normalized spacial score (nSPS) is 19.4. The van der Waals surface area contributed by atoms with Gasteiger partial charge >= 0.3 is 11.9 Å². The Hall–Kier alpha value is -6.76. The number of rotatable bonds is 10. The molecular formula is C48H53N7O6. The number of allylic oxidation sites excluding steroid dienone is 2. The largest absolute Gasteiger partial charge is 0.468 e. The molecule has 3 aliphatic rings. The summed E-state index contributed by atoms with van der Waals surface area (Å²) < 4.78 is 10.8. The SMILES string of the molecule is C=Cc1c2[nH]c(c1C)C=C1N=C(C(C(=O)OC)c3[nH]c(c(C)c3C(=O)OC)CC3=NC(C2)C(C)=C3CC)[C@@H](CCC(=O)Nc2ccc(C(=O)Nc3ccccc3N)cc2)[C@@H]1C. The number of hydrogen-bond donors (Lipinski definition) is 5. The Bertz CT molecular complexity index is 2570. The number of methoxy groups -OCH3 is 2. The summed E-state index contributed by atoms with van der Waals surface area (Å²) in [7, 11) is 2.63. The fourth-order valence-corrected chi connectivity index (χ4v) is 9.00. The third-order valence-corrected chi connectivity index (χ3v) is 12.5. The molecule has 0 aliphatic carbocycles. The fraction of sp³-hybridized carbons (Fsp3) is 0.333. The number of ether oxygens (including phenoxy) is 2. The Morgan fingerprint density at radius 2 is 1.70 bits per heavy atom. The van der Waals surface area contributed by atoms with E-state index in [2.05, 4.69) is 41.0 Å². The Balaban J connectivity index is 1.25. The predicted octanol–water partition coefficient (Wildman–Crippen LogP) is 8.30. The molecule has 316 valence electrons. The molecule has 5 heterocycles. The first-order chi connectivity index (χ1) is 29.3. The van der Waals surface area contributed by atoms with Crippen molar-refractivity contribution < 1.29 is 28.7 Å². The van der Waals surface area contributed by atoms with Crippen LogP contribution in [-0.2, 0) is 31.9 Å². The highest BCUT2D eigenvalue weighted by atomic mass is 16.5. The van der Waals surface area contributed by atoms with Crippen LogP contribution in [0.25, 0.3) is 12.2 Å². The molecule has 6 N–H and O–H groups in total. The van der Waals surface area contributed by atoms with E-state index < -0.39 is 23.8 Å². The molecule has 2 unspecified atom stereocenters. The van der Waals surface area contributed by atoms with Gasteiger partial charge in [0.05, 0.1) is 42.9 Å². The number of H-pyrrole nitrogens is 2. The molecule has 0 fully saturated rings. The molecule has 0 radical (unpaired) electrons. The van der Waals surface area contributed by atoms with Crippen molar-refractivity contribution in [3.05, 3.63) is 123 Å². The molecule has 0 saturated heterocycles. The van der Waals surface area contributed by atoms with Gasteiger partial charge in [0, 0.05) is 76.6 Å². The molecule has 8 bridgehead atoms. The summed E-state index contributed by atoms with van der Waals surface area (Å²) in [5, 5.41) is 5.76. The van der Waals surface area contributed by atoms with Gasteiger partial charge < -0.3 is 35.8 Å². The molecule has 2 amide bonds. The number of nitrogens with zero attached hydrogens (tertiary/aromatic N) is 2. The van der Waals surface area contributed by atoms with Gasteiger partial charge in [-0.3, -0.25) is 24.4 Å². The number of para-hydroxylation sites is 2. The van der Waals surface area contributed by atoms with Crippen molar-refractivity contribution in [1.82, 2.24) is 9.97 Å². The number of aliphatic imine (C=N–C) groups is 2. The molecule has 13 heteroatoms. The average Bonchev–Trinajstić information content (AvgIpc) is 3.93. The third-order valence-electron chi connectivity index (χ3n) is 12.5. The highest BCUT2D eigenvalue weighted by Crippen LogP contribution is 2.43. The Morgan fingerprint density at radius 1 is 0.967 bits per heavy atom.